The molecule has 0 saturated heterocycles. The predicted molar refractivity (Wildman–Crippen MR) is 59.7 cm³/mol. The van der Waals surface area contributed by atoms with Crippen molar-refractivity contribution in [3.05, 3.63) is 34.9 Å². The van der Waals surface area contributed by atoms with Gasteiger partial charge in [-0.15, -0.1) is 0 Å². The van der Waals surface area contributed by atoms with Crippen molar-refractivity contribution in [3.63, 3.8) is 0 Å². The summed E-state index contributed by atoms with van der Waals surface area (Å²) in [6.07, 6.45) is 0. The maximum atomic E-state index is 11.3. The van der Waals surface area contributed by atoms with Gasteiger partial charge in [0, 0.05) is 5.54 Å². The molecule has 1 aromatic rings. The standard InChI is InChI=1S/C12H17NO2/c1-8-7-9(12(2,3)13)5-6-10(8)11(14)15-4/h5-7H,13H2,1-4H3. The van der Waals surface area contributed by atoms with Gasteiger partial charge in [0.05, 0.1) is 12.7 Å². The number of esters is 1. The van der Waals surface area contributed by atoms with Crippen LogP contribution < -0.4 is 5.73 Å². The summed E-state index contributed by atoms with van der Waals surface area (Å²) in [5.41, 5.74) is 8.06. The molecule has 82 valence electrons. The smallest absolute Gasteiger partial charge is 0.338 e. The van der Waals surface area contributed by atoms with Crippen LogP contribution in [0.4, 0.5) is 0 Å². The number of methoxy groups -OCH3 is 1. The molecule has 2 N–H and O–H groups in total. The molecule has 0 aliphatic carbocycles. The highest BCUT2D eigenvalue weighted by molar-refractivity contribution is 5.91. The third-order valence-electron chi connectivity index (χ3n) is 2.38. The first-order valence-electron chi connectivity index (χ1n) is 4.84. The van der Waals surface area contributed by atoms with Crippen molar-refractivity contribution in [2.24, 2.45) is 5.73 Å². The summed E-state index contributed by atoms with van der Waals surface area (Å²) >= 11 is 0. The largest absolute Gasteiger partial charge is 0.465 e. The topological polar surface area (TPSA) is 52.3 Å². The number of nitrogens with two attached hydrogens (primary N) is 1. The third kappa shape index (κ3) is 2.57. The zero-order valence-corrected chi connectivity index (χ0v) is 9.63. The Morgan fingerprint density at radius 1 is 1.40 bits per heavy atom. The molecule has 3 nitrogen and oxygen atoms in total. The first kappa shape index (κ1) is 11.7. The lowest BCUT2D eigenvalue weighted by Crippen LogP contribution is -2.28. The molecular formula is C12H17NO2. The van der Waals surface area contributed by atoms with Gasteiger partial charge >= 0.3 is 5.97 Å². The first-order chi connectivity index (χ1) is 6.86. The monoisotopic (exact) mass is 207 g/mol. The molecule has 0 heterocycles. The van der Waals surface area contributed by atoms with E-state index >= 15 is 0 Å². The quantitative estimate of drug-likeness (QED) is 0.754. The molecule has 0 aliphatic rings. The average Bonchev–Trinajstić information content (AvgIpc) is 2.15. The Balaban J connectivity index is 3.15. The van der Waals surface area contributed by atoms with Crippen LogP contribution in [0.1, 0.15) is 35.3 Å². The van der Waals surface area contributed by atoms with Gasteiger partial charge in [-0.3, -0.25) is 0 Å². The number of rotatable bonds is 2. The average molecular weight is 207 g/mol. The molecule has 3 heteroatoms. The highest BCUT2D eigenvalue weighted by Gasteiger charge is 2.16. The van der Waals surface area contributed by atoms with Crippen LogP contribution in [0.5, 0.6) is 0 Å². The van der Waals surface area contributed by atoms with Crippen molar-refractivity contribution in [2.75, 3.05) is 7.11 Å². The van der Waals surface area contributed by atoms with Gasteiger partial charge in [-0.2, -0.15) is 0 Å². The van der Waals surface area contributed by atoms with Gasteiger partial charge in [0.2, 0.25) is 0 Å². The summed E-state index contributed by atoms with van der Waals surface area (Å²) in [6.45, 7) is 5.74. The number of carbonyl (C=O) groups excluding carboxylic acids is 1. The lowest BCUT2D eigenvalue weighted by molar-refractivity contribution is 0.0600. The van der Waals surface area contributed by atoms with Gasteiger partial charge in [-0.05, 0) is 38.0 Å². The van der Waals surface area contributed by atoms with Crippen molar-refractivity contribution in [1.82, 2.24) is 0 Å². The Morgan fingerprint density at radius 2 is 2.00 bits per heavy atom. The summed E-state index contributed by atoms with van der Waals surface area (Å²) in [7, 11) is 1.38. The van der Waals surface area contributed by atoms with E-state index in [0.29, 0.717) is 5.56 Å². The van der Waals surface area contributed by atoms with Crippen LogP contribution in [-0.2, 0) is 10.3 Å². The summed E-state index contributed by atoms with van der Waals surface area (Å²) < 4.78 is 4.67. The molecule has 0 aliphatic heterocycles. The second-order valence-electron chi connectivity index (χ2n) is 4.24. The Kier molecular flexibility index (Phi) is 3.15. The molecule has 1 aromatic carbocycles. The van der Waals surface area contributed by atoms with E-state index in [2.05, 4.69) is 4.74 Å². The van der Waals surface area contributed by atoms with E-state index in [-0.39, 0.29) is 11.5 Å². The third-order valence-corrected chi connectivity index (χ3v) is 2.38. The van der Waals surface area contributed by atoms with Crippen molar-refractivity contribution in [1.29, 1.82) is 0 Å². The van der Waals surface area contributed by atoms with Crippen LogP contribution in [0, 0.1) is 6.92 Å². The van der Waals surface area contributed by atoms with E-state index in [1.807, 2.05) is 32.9 Å². The number of ether oxygens (including phenoxy) is 1. The lowest BCUT2D eigenvalue weighted by Gasteiger charge is -2.20. The van der Waals surface area contributed by atoms with Gasteiger partial charge in [0.15, 0.2) is 0 Å². The lowest BCUT2D eigenvalue weighted by atomic mass is 9.92. The fraction of sp³-hybridized carbons (Fsp3) is 0.417. The van der Waals surface area contributed by atoms with Gasteiger partial charge < -0.3 is 10.5 Å². The van der Waals surface area contributed by atoms with Crippen LogP contribution in [0.3, 0.4) is 0 Å². The Labute approximate surface area is 90.2 Å². The van der Waals surface area contributed by atoms with Crippen LogP contribution in [0.25, 0.3) is 0 Å². The number of benzene rings is 1. The fourth-order valence-corrected chi connectivity index (χ4v) is 1.40. The Hall–Kier alpha value is -1.35. The van der Waals surface area contributed by atoms with Crippen LogP contribution in [0.2, 0.25) is 0 Å². The van der Waals surface area contributed by atoms with Gasteiger partial charge in [-0.25, -0.2) is 4.79 Å². The fourth-order valence-electron chi connectivity index (χ4n) is 1.40. The van der Waals surface area contributed by atoms with E-state index in [0.717, 1.165) is 11.1 Å². The SMILES string of the molecule is COC(=O)c1ccc(C(C)(C)N)cc1C. The Morgan fingerprint density at radius 3 is 2.40 bits per heavy atom. The molecule has 0 bridgehead atoms. The molecule has 0 unspecified atom stereocenters. The second-order valence-corrected chi connectivity index (χ2v) is 4.24. The van der Waals surface area contributed by atoms with E-state index in [1.165, 1.54) is 7.11 Å². The summed E-state index contributed by atoms with van der Waals surface area (Å²) in [5.74, 6) is -0.311. The highest BCUT2D eigenvalue weighted by atomic mass is 16.5. The molecule has 0 fully saturated rings. The van der Waals surface area contributed by atoms with Crippen molar-refractivity contribution in [2.45, 2.75) is 26.3 Å². The number of carbonyl (C=O) groups is 1. The molecule has 0 aromatic heterocycles. The van der Waals surface area contributed by atoms with Crippen molar-refractivity contribution < 1.29 is 9.53 Å². The van der Waals surface area contributed by atoms with E-state index in [9.17, 15) is 4.79 Å². The van der Waals surface area contributed by atoms with Crippen molar-refractivity contribution >= 4 is 5.97 Å². The number of aryl methyl sites for hydroxylation is 1. The van der Waals surface area contributed by atoms with E-state index in [4.69, 9.17) is 5.73 Å². The molecule has 0 radical (unpaired) electrons. The van der Waals surface area contributed by atoms with E-state index in [1.54, 1.807) is 6.07 Å². The normalized spacial score (nSPS) is 11.3. The highest BCUT2D eigenvalue weighted by Crippen LogP contribution is 2.20. The van der Waals surface area contributed by atoms with E-state index < -0.39 is 0 Å². The Bertz CT molecular complexity index is 378. The van der Waals surface area contributed by atoms with Gasteiger partial charge in [-0.1, -0.05) is 12.1 Å². The molecular weight excluding hydrogens is 190 g/mol. The van der Waals surface area contributed by atoms with Crippen LogP contribution >= 0.6 is 0 Å². The summed E-state index contributed by atoms with van der Waals surface area (Å²) in [6, 6.07) is 5.54. The zero-order valence-electron chi connectivity index (χ0n) is 9.63. The molecule has 15 heavy (non-hydrogen) atoms. The minimum atomic E-state index is -0.389. The zero-order chi connectivity index (χ0) is 11.6. The summed E-state index contributed by atoms with van der Waals surface area (Å²) in [4.78, 5) is 11.3. The number of hydrogen-bond donors (Lipinski definition) is 1. The van der Waals surface area contributed by atoms with Gasteiger partial charge in [0.1, 0.15) is 0 Å². The molecule has 0 spiro atoms. The molecule has 1 rings (SSSR count). The minimum absolute atomic E-state index is 0.311. The molecule has 0 saturated carbocycles. The van der Waals surface area contributed by atoms with Crippen LogP contribution in [0.15, 0.2) is 18.2 Å². The maximum absolute atomic E-state index is 11.3. The maximum Gasteiger partial charge on any atom is 0.338 e. The number of hydrogen-bond acceptors (Lipinski definition) is 3. The minimum Gasteiger partial charge on any atom is -0.465 e. The molecule has 0 atom stereocenters. The summed E-state index contributed by atoms with van der Waals surface area (Å²) in [5, 5.41) is 0. The molecule has 0 amide bonds. The second kappa shape index (κ2) is 4.03. The van der Waals surface area contributed by atoms with Crippen molar-refractivity contribution in [3.8, 4) is 0 Å². The van der Waals surface area contributed by atoms with Gasteiger partial charge in [0.25, 0.3) is 0 Å². The first-order valence-corrected chi connectivity index (χ1v) is 4.84. The predicted octanol–water partition coefficient (Wildman–Crippen LogP) is 1.98. The van der Waals surface area contributed by atoms with Crippen LogP contribution in [-0.4, -0.2) is 13.1 Å².